The number of rotatable bonds is 6. The first-order valence-electron chi connectivity index (χ1n) is 8.83. The van der Waals surface area contributed by atoms with Crippen LogP contribution < -0.4 is 20.9 Å². The summed E-state index contributed by atoms with van der Waals surface area (Å²) in [5.74, 6) is -0.00971. The SMILES string of the molecule is CCC1NNCC1C(=O)NC(c1cc(F)ccc1OC)C1CC(O)C1. The van der Waals surface area contributed by atoms with Gasteiger partial charge in [-0.05, 0) is 43.4 Å². The minimum absolute atomic E-state index is 0.0667. The molecule has 1 saturated carbocycles. The molecule has 7 heteroatoms. The molecule has 1 aliphatic carbocycles. The summed E-state index contributed by atoms with van der Waals surface area (Å²) in [7, 11) is 1.53. The molecule has 25 heavy (non-hydrogen) atoms. The molecule has 6 nitrogen and oxygen atoms in total. The van der Waals surface area contributed by atoms with E-state index in [9.17, 15) is 14.3 Å². The van der Waals surface area contributed by atoms with Gasteiger partial charge in [-0.15, -0.1) is 0 Å². The Morgan fingerprint density at radius 2 is 2.24 bits per heavy atom. The minimum Gasteiger partial charge on any atom is -0.496 e. The highest BCUT2D eigenvalue weighted by Crippen LogP contribution is 2.41. The molecular weight excluding hydrogens is 325 g/mol. The average Bonchev–Trinajstić information content (AvgIpc) is 3.06. The number of ether oxygens (including phenoxy) is 1. The summed E-state index contributed by atoms with van der Waals surface area (Å²) in [5, 5.41) is 12.8. The molecule has 1 aliphatic heterocycles. The fourth-order valence-corrected chi connectivity index (χ4v) is 3.76. The molecule has 1 aromatic rings. The number of nitrogens with one attached hydrogen (secondary N) is 3. The van der Waals surface area contributed by atoms with Gasteiger partial charge in [-0.3, -0.25) is 15.6 Å². The Hall–Kier alpha value is -1.70. The molecule has 0 aromatic heterocycles. The maximum Gasteiger partial charge on any atom is 0.226 e. The van der Waals surface area contributed by atoms with Crippen molar-refractivity contribution in [3.63, 3.8) is 0 Å². The number of aliphatic hydroxyl groups is 1. The molecule has 0 radical (unpaired) electrons. The van der Waals surface area contributed by atoms with E-state index in [1.54, 1.807) is 6.07 Å². The number of amides is 1. The van der Waals surface area contributed by atoms with Crippen molar-refractivity contribution in [3.8, 4) is 5.75 Å². The number of aliphatic hydroxyl groups excluding tert-OH is 1. The number of methoxy groups -OCH3 is 1. The van der Waals surface area contributed by atoms with Gasteiger partial charge in [0.2, 0.25) is 5.91 Å². The van der Waals surface area contributed by atoms with E-state index >= 15 is 0 Å². The van der Waals surface area contributed by atoms with Crippen LogP contribution in [0.3, 0.4) is 0 Å². The van der Waals surface area contributed by atoms with Crippen LogP contribution in [0.15, 0.2) is 18.2 Å². The lowest BCUT2D eigenvalue weighted by Crippen LogP contribution is -2.46. The topological polar surface area (TPSA) is 82.6 Å². The van der Waals surface area contributed by atoms with E-state index < -0.39 is 0 Å². The predicted molar refractivity (Wildman–Crippen MR) is 91.3 cm³/mol. The van der Waals surface area contributed by atoms with Crippen molar-refractivity contribution in [1.29, 1.82) is 0 Å². The molecule has 4 N–H and O–H groups in total. The Labute approximate surface area is 147 Å². The number of hydrazine groups is 1. The molecule has 0 bridgehead atoms. The second kappa shape index (κ2) is 7.68. The predicted octanol–water partition coefficient (Wildman–Crippen LogP) is 1.27. The van der Waals surface area contributed by atoms with E-state index in [1.807, 2.05) is 6.92 Å². The zero-order chi connectivity index (χ0) is 18.0. The van der Waals surface area contributed by atoms with Crippen LogP contribution in [0.2, 0.25) is 0 Å². The van der Waals surface area contributed by atoms with Crippen molar-refractivity contribution < 1.29 is 19.0 Å². The van der Waals surface area contributed by atoms with Crippen molar-refractivity contribution in [2.45, 2.75) is 44.4 Å². The lowest BCUT2D eigenvalue weighted by Gasteiger charge is -2.39. The van der Waals surface area contributed by atoms with Gasteiger partial charge in [0.25, 0.3) is 0 Å². The van der Waals surface area contributed by atoms with Crippen molar-refractivity contribution in [2.75, 3.05) is 13.7 Å². The molecular formula is C18H26FN3O3. The van der Waals surface area contributed by atoms with Crippen molar-refractivity contribution in [3.05, 3.63) is 29.6 Å². The summed E-state index contributed by atoms with van der Waals surface area (Å²) in [5.41, 5.74) is 6.76. The Morgan fingerprint density at radius 3 is 2.88 bits per heavy atom. The minimum atomic E-state index is -0.375. The van der Waals surface area contributed by atoms with Gasteiger partial charge in [-0.2, -0.15) is 0 Å². The van der Waals surface area contributed by atoms with E-state index in [0.29, 0.717) is 30.7 Å². The first kappa shape index (κ1) is 18.1. The van der Waals surface area contributed by atoms with Crippen LogP contribution in [0, 0.1) is 17.7 Å². The third-order valence-electron chi connectivity index (χ3n) is 5.32. The van der Waals surface area contributed by atoms with Crippen LogP contribution in [-0.2, 0) is 4.79 Å². The number of carbonyl (C=O) groups excluding carboxylic acids is 1. The highest BCUT2D eigenvalue weighted by molar-refractivity contribution is 5.80. The molecule has 0 spiro atoms. The summed E-state index contributed by atoms with van der Waals surface area (Å²) >= 11 is 0. The number of hydrogen-bond donors (Lipinski definition) is 4. The van der Waals surface area contributed by atoms with E-state index in [1.165, 1.54) is 19.2 Å². The van der Waals surface area contributed by atoms with Crippen molar-refractivity contribution in [1.82, 2.24) is 16.2 Å². The van der Waals surface area contributed by atoms with E-state index in [4.69, 9.17) is 4.74 Å². The summed E-state index contributed by atoms with van der Waals surface area (Å²) < 4.78 is 19.2. The van der Waals surface area contributed by atoms with Crippen LogP contribution in [-0.4, -0.2) is 36.8 Å². The lowest BCUT2D eigenvalue weighted by molar-refractivity contribution is -0.126. The first-order chi connectivity index (χ1) is 12.0. The van der Waals surface area contributed by atoms with E-state index in [2.05, 4.69) is 16.2 Å². The van der Waals surface area contributed by atoms with Gasteiger partial charge < -0.3 is 15.2 Å². The van der Waals surface area contributed by atoms with Gasteiger partial charge in [-0.1, -0.05) is 6.92 Å². The lowest BCUT2D eigenvalue weighted by atomic mass is 9.74. The Bertz CT molecular complexity index is 622. The summed E-state index contributed by atoms with van der Waals surface area (Å²) in [4.78, 5) is 12.8. The number of carbonyl (C=O) groups is 1. The normalized spacial score (nSPS) is 29.8. The number of benzene rings is 1. The average molecular weight is 351 g/mol. The molecule has 1 amide bonds. The van der Waals surface area contributed by atoms with Crippen molar-refractivity contribution >= 4 is 5.91 Å². The molecule has 1 saturated heterocycles. The molecule has 2 aliphatic rings. The van der Waals surface area contributed by atoms with Gasteiger partial charge in [0.1, 0.15) is 11.6 Å². The third-order valence-corrected chi connectivity index (χ3v) is 5.32. The highest BCUT2D eigenvalue weighted by Gasteiger charge is 2.39. The smallest absolute Gasteiger partial charge is 0.226 e. The summed E-state index contributed by atoms with van der Waals surface area (Å²) in [6, 6.07) is 4.03. The van der Waals surface area contributed by atoms with E-state index in [-0.39, 0.29) is 41.7 Å². The molecule has 3 rings (SSSR count). The maximum atomic E-state index is 13.8. The molecule has 3 unspecified atom stereocenters. The molecule has 2 fully saturated rings. The number of halogens is 1. The molecule has 1 aromatic carbocycles. The standard InChI is InChI=1S/C18H26FN3O3/c1-3-15-14(9-20-22-15)18(24)21-17(10-6-12(23)7-10)13-8-11(19)4-5-16(13)25-2/h4-5,8,10,12,14-15,17,20,22-23H,3,6-7,9H2,1-2H3,(H,21,24). The molecule has 1 heterocycles. The summed E-state index contributed by atoms with van der Waals surface area (Å²) in [6.45, 7) is 2.59. The number of hydrogen-bond acceptors (Lipinski definition) is 5. The first-order valence-corrected chi connectivity index (χ1v) is 8.83. The van der Waals surface area contributed by atoms with Crippen LogP contribution in [0.4, 0.5) is 4.39 Å². The van der Waals surface area contributed by atoms with Crippen LogP contribution in [0.1, 0.15) is 37.8 Å². The maximum absolute atomic E-state index is 13.8. The van der Waals surface area contributed by atoms with Gasteiger partial charge in [0, 0.05) is 18.2 Å². The van der Waals surface area contributed by atoms with Crippen LogP contribution >= 0.6 is 0 Å². The van der Waals surface area contributed by atoms with E-state index in [0.717, 1.165) is 6.42 Å². The second-order valence-corrected chi connectivity index (χ2v) is 6.90. The molecule has 138 valence electrons. The quantitative estimate of drug-likeness (QED) is 0.620. The fraction of sp³-hybridized carbons (Fsp3) is 0.611. The zero-order valence-electron chi connectivity index (χ0n) is 14.6. The second-order valence-electron chi connectivity index (χ2n) is 6.90. The zero-order valence-corrected chi connectivity index (χ0v) is 14.6. The third kappa shape index (κ3) is 3.78. The van der Waals surface area contributed by atoms with Gasteiger partial charge in [0.05, 0.1) is 25.2 Å². The largest absolute Gasteiger partial charge is 0.496 e. The van der Waals surface area contributed by atoms with Gasteiger partial charge in [-0.25, -0.2) is 4.39 Å². The highest BCUT2D eigenvalue weighted by atomic mass is 19.1. The van der Waals surface area contributed by atoms with Gasteiger partial charge >= 0.3 is 0 Å². The Morgan fingerprint density at radius 1 is 1.48 bits per heavy atom. The van der Waals surface area contributed by atoms with Crippen molar-refractivity contribution in [2.24, 2.45) is 11.8 Å². The molecule has 3 atom stereocenters. The monoisotopic (exact) mass is 351 g/mol. The fourth-order valence-electron chi connectivity index (χ4n) is 3.76. The van der Waals surface area contributed by atoms with Crippen LogP contribution in [0.5, 0.6) is 5.75 Å². The van der Waals surface area contributed by atoms with Crippen LogP contribution in [0.25, 0.3) is 0 Å². The summed E-state index contributed by atoms with van der Waals surface area (Å²) in [6.07, 6.45) is 1.65. The van der Waals surface area contributed by atoms with Gasteiger partial charge in [0.15, 0.2) is 0 Å². The Balaban J connectivity index is 1.83. The Kier molecular flexibility index (Phi) is 5.56.